The maximum absolute atomic E-state index is 13.8. The standard InChI is InChI=1S/C32H43N5O6S/c1-25-19-29(41-3)20-26(2)31(25)44(39,40)37-13-5-4-8-28(37)22-42-23-30(38)36-14-9-32(10-15-36,27-7-6-11-33-21-27)43-18-17-35-16-12-34-24-35/h6-7,11-12,16,19-21,24,28H,4-5,8-10,13-15,17-18,22-23H2,1-3H3/t28-/m0/s1. The van der Waals surface area contributed by atoms with Gasteiger partial charge in [-0.2, -0.15) is 4.31 Å². The van der Waals surface area contributed by atoms with Crippen molar-refractivity contribution >= 4 is 15.9 Å². The first kappa shape index (κ1) is 32.1. The Kier molecular flexibility index (Phi) is 10.3. The molecule has 2 fully saturated rings. The van der Waals surface area contributed by atoms with E-state index in [1.54, 1.807) is 56.1 Å². The van der Waals surface area contributed by atoms with Gasteiger partial charge in [0.15, 0.2) is 0 Å². The molecule has 44 heavy (non-hydrogen) atoms. The highest BCUT2D eigenvalue weighted by molar-refractivity contribution is 7.89. The molecule has 11 nitrogen and oxygen atoms in total. The molecule has 0 saturated carbocycles. The van der Waals surface area contributed by atoms with Gasteiger partial charge in [0.25, 0.3) is 0 Å². The van der Waals surface area contributed by atoms with Crippen LogP contribution in [0.3, 0.4) is 0 Å². The van der Waals surface area contributed by atoms with Crippen LogP contribution in [0.15, 0.2) is 60.3 Å². The van der Waals surface area contributed by atoms with Crippen LogP contribution in [0, 0.1) is 13.8 Å². The van der Waals surface area contributed by atoms with Gasteiger partial charge in [0.05, 0.1) is 37.1 Å². The van der Waals surface area contributed by atoms with Crippen LogP contribution < -0.4 is 4.74 Å². The fraction of sp³-hybridized carbons (Fsp3) is 0.531. The number of likely N-dealkylation sites (tertiary alicyclic amines) is 1. The molecule has 5 rings (SSSR count). The van der Waals surface area contributed by atoms with Gasteiger partial charge in [-0.25, -0.2) is 13.4 Å². The van der Waals surface area contributed by atoms with E-state index in [0.29, 0.717) is 73.8 Å². The zero-order valence-corrected chi connectivity index (χ0v) is 26.7. The molecule has 4 heterocycles. The largest absolute Gasteiger partial charge is 0.497 e. The first-order valence-corrected chi connectivity index (χ1v) is 16.7. The topological polar surface area (TPSA) is 116 Å². The highest BCUT2D eigenvalue weighted by Crippen LogP contribution is 2.37. The zero-order chi connectivity index (χ0) is 31.2. The summed E-state index contributed by atoms with van der Waals surface area (Å²) < 4.78 is 49.0. The number of carbonyl (C=O) groups is 1. The van der Waals surface area contributed by atoms with Crippen molar-refractivity contribution in [2.45, 2.75) is 69.0 Å². The molecule has 2 aliphatic heterocycles. The number of methoxy groups -OCH3 is 1. The van der Waals surface area contributed by atoms with Crippen molar-refractivity contribution in [1.29, 1.82) is 0 Å². The molecule has 1 aromatic carbocycles. The Balaban J connectivity index is 1.17. The predicted octanol–water partition coefficient (Wildman–Crippen LogP) is 3.70. The SMILES string of the molecule is COc1cc(C)c(S(=O)(=O)N2CCCC[C@H]2COCC(=O)N2CCC(OCCn3ccnc3)(c3cccnc3)CC2)c(C)c1. The monoisotopic (exact) mass is 625 g/mol. The number of imidazole rings is 1. The van der Waals surface area contributed by atoms with Crippen molar-refractivity contribution in [3.8, 4) is 5.75 Å². The van der Waals surface area contributed by atoms with Crippen molar-refractivity contribution in [2.75, 3.05) is 46.6 Å². The van der Waals surface area contributed by atoms with Crippen LogP contribution in [0.4, 0.5) is 0 Å². The molecular formula is C32H43N5O6S. The molecule has 2 aromatic heterocycles. The first-order chi connectivity index (χ1) is 21.2. The fourth-order valence-electron chi connectivity index (χ4n) is 6.41. The third-order valence-corrected chi connectivity index (χ3v) is 11.0. The Labute approximate surface area is 260 Å². The number of sulfonamides is 1. The van der Waals surface area contributed by atoms with Gasteiger partial charge in [-0.15, -0.1) is 0 Å². The lowest BCUT2D eigenvalue weighted by molar-refractivity contribution is -0.144. The third-order valence-electron chi connectivity index (χ3n) is 8.74. The summed E-state index contributed by atoms with van der Waals surface area (Å²) in [7, 11) is -2.18. The van der Waals surface area contributed by atoms with Gasteiger partial charge in [-0.05, 0) is 68.9 Å². The molecule has 0 unspecified atom stereocenters. The van der Waals surface area contributed by atoms with E-state index in [1.807, 2.05) is 34.0 Å². The predicted molar refractivity (Wildman–Crippen MR) is 165 cm³/mol. The summed E-state index contributed by atoms with van der Waals surface area (Å²) in [6, 6.07) is 7.11. The lowest BCUT2D eigenvalue weighted by Crippen LogP contribution is -2.49. The molecule has 0 N–H and O–H groups in total. The lowest BCUT2D eigenvalue weighted by Gasteiger charge is -2.42. The number of aromatic nitrogens is 3. The van der Waals surface area contributed by atoms with Crippen molar-refractivity contribution in [3.63, 3.8) is 0 Å². The summed E-state index contributed by atoms with van der Waals surface area (Å²) in [6.45, 7) is 6.35. The number of piperidine rings is 2. The molecule has 0 radical (unpaired) electrons. The van der Waals surface area contributed by atoms with Crippen LogP contribution >= 0.6 is 0 Å². The van der Waals surface area contributed by atoms with E-state index in [1.165, 1.54) is 0 Å². The second-order valence-electron chi connectivity index (χ2n) is 11.6. The quantitative estimate of drug-likeness (QED) is 0.299. The molecular weight excluding hydrogens is 582 g/mol. The number of benzene rings is 1. The summed E-state index contributed by atoms with van der Waals surface area (Å²) in [5.74, 6) is 0.530. The molecule has 0 bridgehead atoms. The summed E-state index contributed by atoms with van der Waals surface area (Å²) >= 11 is 0. The summed E-state index contributed by atoms with van der Waals surface area (Å²) in [5, 5.41) is 0. The molecule has 1 amide bonds. The average molecular weight is 626 g/mol. The number of pyridine rings is 1. The van der Waals surface area contributed by atoms with Gasteiger partial charge in [-0.3, -0.25) is 9.78 Å². The van der Waals surface area contributed by atoms with Crippen LogP contribution in [-0.4, -0.2) is 90.7 Å². The molecule has 0 aliphatic carbocycles. The van der Waals surface area contributed by atoms with E-state index in [4.69, 9.17) is 14.2 Å². The van der Waals surface area contributed by atoms with E-state index in [0.717, 1.165) is 18.4 Å². The normalized spacial score (nSPS) is 19.2. The zero-order valence-electron chi connectivity index (χ0n) is 25.9. The van der Waals surface area contributed by atoms with Crippen molar-refractivity contribution in [1.82, 2.24) is 23.7 Å². The summed E-state index contributed by atoms with van der Waals surface area (Å²) in [4.78, 5) is 23.7. The Morgan fingerprint density at radius 2 is 1.84 bits per heavy atom. The molecule has 3 aromatic rings. The molecule has 0 spiro atoms. The molecule has 238 valence electrons. The number of ether oxygens (including phenoxy) is 3. The summed E-state index contributed by atoms with van der Waals surface area (Å²) in [6.07, 6.45) is 12.7. The second kappa shape index (κ2) is 14.2. The van der Waals surface area contributed by atoms with Crippen molar-refractivity contribution in [2.24, 2.45) is 0 Å². The van der Waals surface area contributed by atoms with E-state index in [-0.39, 0.29) is 25.2 Å². The Morgan fingerprint density at radius 1 is 1.07 bits per heavy atom. The van der Waals surface area contributed by atoms with Crippen LogP contribution in [0.2, 0.25) is 0 Å². The molecule has 12 heteroatoms. The minimum absolute atomic E-state index is 0.0909. The Hall–Kier alpha value is -3.32. The van der Waals surface area contributed by atoms with Gasteiger partial charge >= 0.3 is 0 Å². The lowest BCUT2D eigenvalue weighted by atomic mass is 9.85. The smallest absolute Gasteiger partial charge is 0.248 e. The van der Waals surface area contributed by atoms with Crippen LogP contribution in [0.5, 0.6) is 5.75 Å². The number of carbonyl (C=O) groups excluding carboxylic acids is 1. The number of nitrogens with zero attached hydrogens (tertiary/aromatic N) is 5. The number of amides is 1. The van der Waals surface area contributed by atoms with Gasteiger partial charge < -0.3 is 23.7 Å². The van der Waals surface area contributed by atoms with Gasteiger partial charge in [-0.1, -0.05) is 12.5 Å². The average Bonchev–Trinajstić information content (AvgIpc) is 3.55. The van der Waals surface area contributed by atoms with Crippen molar-refractivity contribution in [3.05, 3.63) is 72.1 Å². The molecule has 2 aliphatic rings. The number of aryl methyl sites for hydroxylation is 2. The van der Waals surface area contributed by atoms with Crippen LogP contribution in [-0.2, 0) is 36.4 Å². The minimum Gasteiger partial charge on any atom is -0.497 e. The van der Waals surface area contributed by atoms with Gasteiger partial charge in [0.1, 0.15) is 12.4 Å². The van der Waals surface area contributed by atoms with E-state index in [2.05, 4.69) is 9.97 Å². The Bertz CT molecular complexity index is 1470. The van der Waals surface area contributed by atoms with Gasteiger partial charge in [0.2, 0.25) is 15.9 Å². The second-order valence-corrected chi connectivity index (χ2v) is 13.5. The number of hydrogen-bond acceptors (Lipinski definition) is 8. The maximum Gasteiger partial charge on any atom is 0.248 e. The summed E-state index contributed by atoms with van der Waals surface area (Å²) in [5.41, 5.74) is 1.79. The van der Waals surface area contributed by atoms with Crippen LogP contribution in [0.25, 0.3) is 0 Å². The highest BCUT2D eigenvalue weighted by atomic mass is 32.2. The van der Waals surface area contributed by atoms with Crippen molar-refractivity contribution < 1.29 is 27.4 Å². The maximum atomic E-state index is 13.8. The number of hydrogen-bond donors (Lipinski definition) is 0. The Morgan fingerprint density at radius 3 is 2.50 bits per heavy atom. The first-order valence-electron chi connectivity index (χ1n) is 15.3. The van der Waals surface area contributed by atoms with Gasteiger partial charge in [0, 0.05) is 62.6 Å². The third kappa shape index (κ3) is 7.14. The molecule has 1 atom stereocenters. The fourth-order valence-corrected chi connectivity index (χ4v) is 8.51. The number of rotatable bonds is 12. The highest BCUT2D eigenvalue weighted by Gasteiger charge is 2.39. The van der Waals surface area contributed by atoms with E-state index < -0.39 is 15.6 Å². The van der Waals surface area contributed by atoms with E-state index in [9.17, 15) is 13.2 Å². The minimum atomic E-state index is -3.75. The van der Waals surface area contributed by atoms with E-state index >= 15 is 0 Å². The molecule has 2 saturated heterocycles. The van der Waals surface area contributed by atoms with Crippen LogP contribution in [0.1, 0.15) is 48.8 Å².